The number of hydrogen-bond acceptors (Lipinski definition) is 2. The maximum absolute atomic E-state index is 12.8. The fourth-order valence-corrected chi connectivity index (χ4v) is 1.53. The summed E-state index contributed by atoms with van der Waals surface area (Å²) in [6.07, 6.45) is 0. The van der Waals surface area contributed by atoms with Gasteiger partial charge in [-0.1, -0.05) is 24.6 Å². The first-order chi connectivity index (χ1) is 7.54. The zero-order valence-electron chi connectivity index (χ0n) is 9.50. The lowest BCUT2D eigenvalue weighted by molar-refractivity contribution is 0.207. The molecule has 1 rings (SSSR count). The summed E-state index contributed by atoms with van der Waals surface area (Å²) >= 11 is 5.90. The maximum atomic E-state index is 12.8. The summed E-state index contributed by atoms with van der Waals surface area (Å²) in [7, 11) is 0. The predicted octanol–water partition coefficient (Wildman–Crippen LogP) is 2.59. The van der Waals surface area contributed by atoms with Gasteiger partial charge in [0.2, 0.25) is 0 Å². The van der Waals surface area contributed by atoms with E-state index >= 15 is 0 Å². The van der Waals surface area contributed by atoms with Gasteiger partial charge in [0.1, 0.15) is 5.82 Å². The number of rotatable bonds is 5. The summed E-state index contributed by atoms with van der Waals surface area (Å²) in [6, 6.07) is 4.55. The van der Waals surface area contributed by atoms with Gasteiger partial charge < -0.3 is 10.4 Å². The Bertz CT molecular complexity index is 346. The van der Waals surface area contributed by atoms with Crippen LogP contribution in [0.2, 0.25) is 5.02 Å². The van der Waals surface area contributed by atoms with Crippen molar-refractivity contribution in [3.8, 4) is 0 Å². The van der Waals surface area contributed by atoms with E-state index in [2.05, 4.69) is 5.32 Å². The van der Waals surface area contributed by atoms with Crippen LogP contribution in [0.25, 0.3) is 0 Å². The fraction of sp³-hybridized carbons (Fsp3) is 0.500. The second-order valence-corrected chi connectivity index (χ2v) is 4.47. The fourth-order valence-electron chi connectivity index (χ4n) is 1.30. The lowest BCUT2D eigenvalue weighted by Gasteiger charge is -2.19. The molecule has 0 heterocycles. The highest BCUT2D eigenvalue weighted by Crippen LogP contribution is 2.17. The summed E-state index contributed by atoms with van der Waals surface area (Å²) in [5.41, 5.74) is 0.861. The zero-order chi connectivity index (χ0) is 12.1. The molecule has 0 fully saturated rings. The molecule has 2 unspecified atom stereocenters. The third kappa shape index (κ3) is 3.74. The molecule has 2 atom stereocenters. The maximum Gasteiger partial charge on any atom is 0.124 e. The number of nitrogens with one attached hydrogen (secondary N) is 1. The number of benzene rings is 1. The van der Waals surface area contributed by atoms with Gasteiger partial charge in [-0.25, -0.2) is 4.39 Å². The Labute approximate surface area is 100 Å². The molecule has 1 aromatic carbocycles. The summed E-state index contributed by atoms with van der Waals surface area (Å²) in [6.45, 7) is 4.68. The smallest absolute Gasteiger partial charge is 0.124 e. The van der Waals surface area contributed by atoms with Crippen molar-refractivity contribution in [2.45, 2.75) is 26.4 Å². The van der Waals surface area contributed by atoms with Gasteiger partial charge in [0.05, 0.1) is 0 Å². The molecular formula is C12H17ClFNO. The second kappa shape index (κ2) is 6.18. The van der Waals surface area contributed by atoms with Crippen LogP contribution in [0.4, 0.5) is 4.39 Å². The molecule has 4 heteroatoms. The molecule has 0 saturated carbocycles. The average Bonchev–Trinajstić information content (AvgIpc) is 2.26. The molecule has 0 spiro atoms. The van der Waals surface area contributed by atoms with Gasteiger partial charge in [-0.2, -0.15) is 0 Å². The second-order valence-electron chi connectivity index (χ2n) is 4.07. The van der Waals surface area contributed by atoms with Gasteiger partial charge in [0.25, 0.3) is 0 Å². The van der Waals surface area contributed by atoms with Crippen LogP contribution in [0, 0.1) is 11.7 Å². The van der Waals surface area contributed by atoms with Gasteiger partial charge in [-0.3, -0.25) is 0 Å². The highest BCUT2D eigenvalue weighted by molar-refractivity contribution is 6.31. The first kappa shape index (κ1) is 13.4. The van der Waals surface area contributed by atoms with Crippen LogP contribution in [0.3, 0.4) is 0 Å². The largest absolute Gasteiger partial charge is 0.396 e. The Balaban J connectivity index is 2.54. The van der Waals surface area contributed by atoms with Crippen LogP contribution in [0.15, 0.2) is 18.2 Å². The molecule has 0 aromatic heterocycles. The summed E-state index contributed by atoms with van der Waals surface area (Å²) < 4.78 is 12.8. The molecule has 0 aliphatic rings. The highest BCUT2D eigenvalue weighted by Gasteiger charge is 2.11. The number of aliphatic hydroxyl groups excluding tert-OH is 1. The Hall–Kier alpha value is -0.640. The lowest BCUT2D eigenvalue weighted by Crippen LogP contribution is -2.33. The predicted molar refractivity (Wildman–Crippen MR) is 64.0 cm³/mol. The van der Waals surface area contributed by atoms with Crippen LogP contribution in [-0.4, -0.2) is 17.8 Å². The van der Waals surface area contributed by atoms with E-state index in [0.29, 0.717) is 11.6 Å². The van der Waals surface area contributed by atoms with Crippen molar-refractivity contribution >= 4 is 11.6 Å². The Morgan fingerprint density at radius 3 is 2.69 bits per heavy atom. The lowest BCUT2D eigenvalue weighted by atomic mass is 10.0. The van der Waals surface area contributed by atoms with Crippen molar-refractivity contribution < 1.29 is 9.50 Å². The van der Waals surface area contributed by atoms with E-state index in [0.717, 1.165) is 5.56 Å². The standard InChI is InChI=1S/C12H17ClFNO/c1-8(7-16)9(2)15-6-10-3-4-11(14)5-12(10)13/h3-5,8-9,15-16H,6-7H2,1-2H3. The van der Waals surface area contributed by atoms with Crippen LogP contribution in [-0.2, 0) is 6.54 Å². The summed E-state index contributed by atoms with van der Waals surface area (Å²) in [5.74, 6) is -0.148. The SMILES string of the molecule is CC(CO)C(C)NCc1ccc(F)cc1Cl. The van der Waals surface area contributed by atoms with E-state index in [1.807, 2.05) is 13.8 Å². The van der Waals surface area contributed by atoms with Gasteiger partial charge in [-0.05, 0) is 30.5 Å². The van der Waals surface area contributed by atoms with Crippen molar-refractivity contribution in [3.05, 3.63) is 34.6 Å². The zero-order valence-corrected chi connectivity index (χ0v) is 10.3. The molecule has 0 saturated heterocycles. The van der Waals surface area contributed by atoms with Crippen LogP contribution < -0.4 is 5.32 Å². The molecule has 0 aliphatic carbocycles. The van der Waals surface area contributed by atoms with Crippen LogP contribution in [0.1, 0.15) is 19.4 Å². The van der Waals surface area contributed by atoms with Gasteiger partial charge in [-0.15, -0.1) is 0 Å². The molecule has 1 aromatic rings. The molecule has 0 aliphatic heterocycles. The quantitative estimate of drug-likeness (QED) is 0.836. The average molecular weight is 246 g/mol. The first-order valence-electron chi connectivity index (χ1n) is 5.32. The minimum Gasteiger partial charge on any atom is -0.396 e. The van der Waals surface area contributed by atoms with Crippen molar-refractivity contribution in [3.63, 3.8) is 0 Å². The van der Waals surface area contributed by atoms with E-state index in [1.54, 1.807) is 6.07 Å². The van der Waals surface area contributed by atoms with E-state index < -0.39 is 0 Å². The first-order valence-corrected chi connectivity index (χ1v) is 5.70. The van der Waals surface area contributed by atoms with Gasteiger partial charge in [0.15, 0.2) is 0 Å². The molecule has 2 N–H and O–H groups in total. The van der Waals surface area contributed by atoms with Gasteiger partial charge in [0, 0.05) is 24.2 Å². The molecule has 0 amide bonds. The Kier molecular flexibility index (Phi) is 5.19. The Morgan fingerprint density at radius 1 is 1.44 bits per heavy atom. The number of halogens is 2. The highest BCUT2D eigenvalue weighted by atomic mass is 35.5. The molecule has 0 radical (unpaired) electrons. The summed E-state index contributed by atoms with van der Waals surface area (Å²) in [4.78, 5) is 0. The molecule has 0 bridgehead atoms. The van der Waals surface area contributed by atoms with Crippen LogP contribution >= 0.6 is 11.6 Å². The third-order valence-corrected chi connectivity index (χ3v) is 3.12. The van der Waals surface area contributed by atoms with Crippen molar-refractivity contribution in [1.82, 2.24) is 5.32 Å². The Morgan fingerprint density at radius 2 is 2.12 bits per heavy atom. The van der Waals surface area contributed by atoms with Gasteiger partial charge >= 0.3 is 0 Å². The molecule has 2 nitrogen and oxygen atoms in total. The van der Waals surface area contributed by atoms with E-state index in [9.17, 15) is 4.39 Å². The normalized spacial score (nSPS) is 14.8. The van der Waals surface area contributed by atoms with E-state index in [1.165, 1.54) is 12.1 Å². The van der Waals surface area contributed by atoms with Crippen molar-refractivity contribution in [2.24, 2.45) is 5.92 Å². The number of hydrogen-bond donors (Lipinski definition) is 2. The molecular weight excluding hydrogens is 229 g/mol. The van der Waals surface area contributed by atoms with Crippen molar-refractivity contribution in [2.75, 3.05) is 6.61 Å². The minimum absolute atomic E-state index is 0.144. The van der Waals surface area contributed by atoms with E-state index in [4.69, 9.17) is 16.7 Å². The molecule has 90 valence electrons. The monoisotopic (exact) mass is 245 g/mol. The molecule has 16 heavy (non-hydrogen) atoms. The topological polar surface area (TPSA) is 32.3 Å². The van der Waals surface area contributed by atoms with Crippen molar-refractivity contribution in [1.29, 1.82) is 0 Å². The van der Waals surface area contributed by atoms with E-state index in [-0.39, 0.29) is 24.4 Å². The number of aliphatic hydroxyl groups is 1. The minimum atomic E-state index is -0.328. The third-order valence-electron chi connectivity index (χ3n) is 2.77. The summed E-state index contributed by atoms with van der Waals surface area (Å²) in [5, 5.41) is 12.6. The van der Waals surface area contributed by atoms with Crippen LogP contribution in [0.5, 0.6) is 0 Å².